The predicted octanol–water partition coefficient (Wildman–Crippen LogP) is 3.61. The van der Waals surface area contributed by atoms with Crippen LogP contribution in [0.5, 0.6) is 0 Å². The molecular formula is C20H23N5O. The number of carbonyl (C=O) groups is 1. The maximum atomic E-state index is 12.4. The molecule has 1 aliphatic carbocycles. The molecule has 0 aliphatic heterocycles. The largest absolute Gasteiger partial charge is 0.331 e. The molecule has 3 aromatic rings. The standard InChI is InChI=1S/C20H23N5O/c1-20(2,3)25-17(22-12-23-25)11-21-19(26)24-16-10-9-14-8-7-13-5-4-6-15(16)18(13)14/h4-6,9-10,12H,7-8,11H2,1-3H3,(H2,21,24,26). The third-order valence-corrected chi connectivity index (χ3v) is 4.79. The van der Waals surface area contributed by atoms with E-state index < -0.39 is 0 Å². The summed E-state index contributed by atoms with van der Waals surface area (Å²) in [6, 6.07) is 10.2. The number of aryl methyl sites for hydroxylation is 2. The van der Waals surface area contributed by atoms with Crippen LogP contribution in [0.1, 0.15) is 37.7 Å². The molecule has 0 unspecified atom stereocenters. The second kappa shape index (κ2) is 6.12. The average molecular weight is 349 g/mol. The second-order valence-electron chi connectivity index (χ2n) is 7.68. The Morgan fingerprint density at radius 3 is 2.69 bits per heavy atom. The molecule has 26 heavy (non-hydrogen) atoms. The van der Waals surface area contributed by atoms with Crippen LogP contribution in [-0.4, -0.2) is 20.8 Å². The molecule has 2 aromatic carbocycles. The first-order valence-corrected chi connectivity index (χ1v) is 8.91. The summed E-state index contributed by atoms with van der Waals surface area (Å²) in [4.78, 5) is 16.7. The highest BCUT2D eigenvalue weighted by atomic mass is 16.2. The van der Waals surface area contributed by atoms with Crippen molar-refractivity contribution in [3.8, 4) is 0 Å². The van der Waals surface area contributed by atoms with E-state index in [0.717, 1.165) is 29.7 Å². The molecule has 0 bridgehead atoms. The number of rotatable bonds is 3. The lowest BCUT2D eigenvalue weighted by Gasteiger charge is -2.21. The summed E-state index contributed by atoms with van der Waals surface area (Å²) < 4.78 is 1.83. The van der Waals surface area contributed by atoms with E-state index in [2.05, 4.69) is 65.8 Å². The van der Waals surface area contributed by atoms with E-state index in [4.69, 9.17) is 0 Å². The topological polar surface area (TPSA) is 71.8 Å². The Hall–Kier alpha value is -2.89. The van der Waals surface area contributed by atoms with Crippen LogP contribution in [0.15, 0.2) is 36.7 Å². The highest BCUT2D eigenvalue weighted by Gasteiger charge is 2.19. The summed E-state index contributed by atoms with van der Waals surface area (Å²) in [5.74, 6) is 0.730. The van der Waals surface area contributed by atoms with Gasteiger partial charge < -0.3 is 10.6 Å². The lowest BCUT2D eigenvalue weighted by Crippen LogP contribution is -2.32. The Kier molecular flexibility index (Phi) is 3.90. The number of anilines is 1. The normalized spacial score (nSPS) is 13.2. The minimum Gasteiger partial charge on any atom is -0.331 e. The van der Waals surface area contributed by atoms with Crippen LogP contribution in [0.2, 0.25) is 0 Å². The van der Waals surface area contributed by atoms with Crippen LogP contribution < -0.4 is 10.6 Å². The molecule has 0 radical (unpaired) electrons. The highest BCUT2D eigenvalue weighted by Crippen LogP contribution is 2.34. The van der Waals surface area contributed by atoms with Crippen molar-refractivity contribution in [3.63, 3.8) is 0 Å². The van der Waals surface area contributed by atoms with Crippen LogP contribution >= 0.6 is 0 Å². The van der Waals surface area contributed by atoms with Gasteiger partial charge in [0.15, 0.2) is 0 Å². The van der Waals surface area contributed by atoms with Gasteiger partial charge in [-0.15, -0.1) is 0 Å². The van der Waals surface area contributed by atoms with E-state index in [9.17, 15) is 4.79 Å². The zero-order valence-corrected chi connectivity index (χ0v) is 15.3. The van der Waals surface area contributed by atoms with Gasteiger partial charge in [-0.2, -0.15) is 5.10 Å². The van der Waals surface area contributed by atoms with E-state index >= 15 is 0 Å². The second-order valence-corrected chi connectivity index (χ2v) is 7.68. The first kappa shape index (κ1) is 16.6. The van der Waals surface area contributed by atoms with E-state index in [1.54, 1.807) is 0 Å². The molecule has 1 heterocycles. The van der Waals surface area contributed by atoms with Crippen molar-refractivity contribution in [3.05, 3.63) is 53.6 Å². The maximum absolute atomic E-state index is 12.4. The van der Waals surface area contributed by atoms with E-state index in [-0.39, 0.29) is 11.6 Å². The Balaban J connectivity index is 1.50. The third kappa shape index (κ3) is 2.92. The molecule has 6 nitrogen and oxygen atoms in total. The van der Waals surface area contributed by atoms with Gasteiger partial charge in [-0.05, 0) is 56.2 Å². The maximum Gasteiger partial charge on any atom is 0.319 e. The SMILES string of the molecule is CC(C)(C)n1ncnc1CNC(=O)Nc1ccc2c3c(cccc13)CC2. The Morgan fingerprint density at radius 2 is 1.92 bits per heavy atom. The summed E-state index contributed by atoms with van der Waals surface area (Å²) >= 11 is 0. The molecule has 0 fully saturated rings. The third-order valence-electron chi connectivity index (χ3n) is 4.79. The Bertz CT molecular complexity index is 973. The van der Waals surface area contributed by atoms with Crippen molar-refractivity contribution in [2.45, 2.75) is 45.7 Å². The van der Waals surface area contributed by atoms with E-state index in [0.29, 0.717) is 6.54 Å². The van der Waals surface area contributed by atoms with Gasteiger partial charge in [0.1, 0.15) is 12.2 Å². The number of hydrogen-bond donors (Lipinski definition) is 2. The molecule has 0 atom stereocenters. The van der Waals surface area contributed by atoms with Crippen molar-refractivity contribution in [1.82, 2.24) is 20.1 Å². The molecule has 1 aliphatic rings. The summed E-state index contributed by atoms with van der Waals surface area (Å²) in [5.41, 5.74) is 3.38. The quantitative estimate of drug-likeness (QED) is 0.759. The zero-order chi connectivity index (χ0) is 18.3. The number of nitrogens with one attached hydrogen (secondary N) is 2. The molecule has 0 saturated heterocycles. The molecule has 0 spiro atoms. The first-order valence-electron chi connectivity index (χ1n) is 8.91. The molecule has 6 heteroatoms. The summed E-state index contributed by atoms with van der Waals surface area (Å²) in [6.07, 6.45) is 3.67. The van der Waals surface area contributed by atoms with Crippen molar-refractivity contribution >= 4 is 22.5 Å². The first-order chi connectivity index (χ1) is 12.4. The van der Waals surface area contributed by atoms with Crippen LogP contribution in [0.4, 0.5) is 10.5 Å². The van der Waals surface area contributed by atoms with E-state index in [1.165, 1.54) is 22.8 Å². The summed E-state index contributed by atoms with van der Waals surface area (Å²) in [6.45, 7) is 6.48. The minimum absolute atomic E-state index is 0.179. The number of urea groups is 1. The van der Waals surface area contributed by atoms with Crippen LogP contribution in [0, 0.1) is 0 Å². The monoisotopic (exact) mass is 349 g/mol. The number of carbonyl (C=O) groups excluding carboxylic acids is 1. The van der Waals surface area contributed by atoms with Gasteiger partial charge in [0.2, 0.25) is 0 Å². The molecule has 2 amide bonds. The summed E-state index contributed by atoms with van der Waals surface area (Å²) in [7, 11) is 0. The zero-order valence-electron chi connectivity index (χ0n) is 15.3. The van der Waals surface area contributed by atoms with Gasteiger partial charge in [0.05, 0.1) is 17.8 Å². The Labute approximate surface area is 152 Å². The van der Waals surface area contributed by atoms with Crippen molar-refractivity contribution < 1.29 is 4.79 Å². The van der Waals surface area contributed by atoms with Gasteiger partial charge in [0, 0.05) is 5.39 Å². The predicted molar refractivity (Wildman–Crippen MR) is 102 cm³/mol. The van der Waals surface area contributed by atoms with Crippen LogP contribution in [-0.2, 0) is 24.9 Å². The fourth-order valence-electron chi connectivity index (χ4n) is 3.63. The molecule has 1 aromatic heterocycles. The molecule has 2 N–H and O–H groups in total. The van der Waals surface area contributed by atoms with Crippen molar-refractivity contribution in [2.75, 3.05) is 5.32 Å². The van der Waals surface area contributed by atoms with Crippen molar-refractivity contribution in [2.24, 2.45) is 0 Å². The molecule has 134 valence electrons. The highest BCUT2D eigenvalue weighted by molar-refractivity contribution is 6.04. The lowest BCUT2D eigenvalue weighted by molar-refractivity contribution is 0.250. The molecular weight excluding hydrogens is 326 g/mol. The lowest BCUT2D eigenvalue weighted by atomic mass is 10.0. The number of nitrogens with zero attached hydrogens (tertiary/aromatic N) is 3. The van der Waals surface area contributed by atoms with E-state index in [1.807, 2.05) is 10.7 Å². The minimum atomic E-state index is -0.243. The van der Waals surface area contributed by atoms with Crippen LogP contribution in [0.3, 0.4) is 0 Å². The average Bonchev–Trinajstić information content (AvgIpc) is 3.23. The molecule has 4 rings (SSSR count). The number of aromatic nitrogens is 3. The van der Waals surface area contributed by atoms with Gasteiger partial charge in [0.25, 0.3) is 0 Å². The number of amides is 2. The number of benzene rings is 2. The fraction of sp³-hybridized carbons (Fsp3) is 0.350. The smallest absolute Gasteiger partial charge is 0.319 e. The Morgan fingerprint density at radius 1 is 1.15 bits per heavy atom. The van der Waals surface area contributed by atoms with Crippen molar-refractivity contribution in [1.29, 1.82) is 0 Å². The van der Waals surface area contributed by atoms with Gasteiger partial charge in [-0.25, -0.2) is 14.5 Å². The van der Waals surface area contributed by atoms with Gasteiger partial charge in [-0.3, -0.25) is 0 Å². The molecule has 0 saturated carbocycles. The fourth-order valence-corrected chi connectivity index (χ4v) is 3.63. The van der Waals surface area contributed by atoms with Gasteiger partial charge >= 0.3 is 6.03 Å². The van der Waals surface area contributed by atoms with Crippen LogP contribution in [0.25, 0.3) is 10.8 Å². The number of hydrogen-bond acceptors (Lipinski definition) is 3. The summed E-state index contributed by atoms with van der Waals surface area (Å²) in [5, 5.41) is 12.5. The van der Waals surface area contributed by atoms with Gasteiger partial charge in [-0.1, -0.05) is 24.3 Å².